The Morgan fingerprint density at radius 2 is 0.521 bits per heavy atom. The van der Waals surface area contributed by atoms with Gasteiger partial charge in [0.05, 0.1) is 0 Å². The van der Waals surface area contributed by atoms with E-state index in [-0.39, 0.29) is 31.1 Å². The molecular formula is C65H118O6. The quantitative estimate of drug-likeness (QED) is 0.0261. The van der Waals surface area contributed by atoms with E-state index in [0.29, 0.717) is 25.7 Å². The van der Waals surface area contributed by atoms with Crippen molar-refractivity contribution in [2.75, 3.05) is 13.2 Å². The zero-order valence-corrected chi connectivity index (χ0v) is 47.5. The summed E-state index contributed by atoms with van der Waals surface area (Å²) >= 11 is 0. The van der Waals surface area contributed by atoms with Gasteiger partial charge in [-0.25, -0.2) is 0 Å². The zero-order chi connectivity index (χ0) is 51.4. The van der Waals surface area contributed by atoms with Gasteiger partial charge in [0.25, 0.3) is 0 Å². The minimum atomic E-state index is -0.792. The topological polar surface area (TPSA) is 78.9 Å². The highest BCUT2D eigenvalue weighted by Crippen LogP contribution is 2.17. The van der Waals surface area contributed by atoms with Crippen LogP contribution in [0, 0.1) is 0 Å². The Morgan fingerprint density at radius 1 is 0.282 bits per heavy atom. The highest BCUT2D eigenvalue weighted by Gasteiger charge is 2.19. The second-order valence-corrected chi connectivity index (χ2v) is 21.0. The average Bonchev–Trinajstić information content (AvgIpc) is 3.37. The average molecular weight is 996 g/mol. The number of ether oxygens (including phenoxy) is 3. The summed E-state index contributed by atoms with van der Waals surface area (Å²) in [6, 6.07) is 0. The van der Waals surface area contributed by atoms with Crippen LogP contribution in [0.2, 0.25) is 0 Å². The minimum Gasteiger partial charge on any atom is -0.462 e. The molecule has 0 aromatic heterocycles. The lowest BCUT2D eigenvalue weighted by atomic mass is 10.0. The van der Waals surface area contributed by atoms with Crippen molar-refractivity contribution in [2.45, 2.75) is 335 Å². The van der Waals surface area contributed by atoms with Crippen LogP contribution in [0.5, 0.6) is 0 Å². The van der Waals surface area contributed by atoms with Crippen molar-refractivity contribution in [3.8, 4) is 0 Å². The molecule has 0 saturated carbocycles. The molecule has 6 heteroatoms. The van der Waals surface area contributed by atoms with Crippen molar-refractivity contribution in [3.63, 3.8) is 0 Å². The first-order valence-corrected chi connectivity index (χ1v) is 31.1. The molecule has 0 rings (SSSR count). The molecular weight excluding hydrogens is 877 g/mol. The summed E-state index contributed by atoms with van der Waals surface area (Å²) in [5.41, 5.74) is 0. The molecule has 0 aromatic rings. The first-order valence-electron chi connectivity index (χ1n) is 31.1. The molecule has 0 aliphatic heterocycles. The van der Waals surface area contributed by atoms with E-state index in [0.717, 1.165) is 57.8 Å². The molecule has 0 aromatic carbocycles. The van der Waals surface area contributed by atoms with Gasteiger partial charge in [-0.15, -0.1) is 0 Å². The molecule has 0 fully saturated rings. The van der Waals surface area contributed by atoms with Crippen molar-refractivity contribution in [1.29, 1.82) is 0 Å². The van der Waals surface area contributed by atoms with E-state index in [2.05, 4.69) is 69.4 Å². The zero-order valence-electron chi connectivity index (χ0n) is 47.5. The third-order valence-corrected chi connectivity index (χ3v) is 13.8. The molecule has 6 nitrogen and oxygen atoms in total. The summed E-state index contributed by atoms with van der Waals surface area (Å²) in [4.78, 5) is 38.2. The molecule has 71 heavy (non-hydrogen) atoms. The Labute approximate surface area is 441 Å². The van der Waals surface area contributed by atoms with Crippen molar-refractivity contribution in [1.82, 2.24) is 0 Å². The first-order chi connectivity index (χ1) is 35.0. The molecule has 414 valence electrons. The third kappa shape index (κ3) is 58.1. The molecule has 0 aliphatic rings. The molecule has 0 spiro atoms. The van der Waals surface area contributed by atoms with Gasteiger partial charge in [0.15, 0.2) is 6.10 Å². The maximum atomic E-state index is 12.9. The second-order valence-electron chi connectivity index (χ2n) is 21.0. The Kier molecular flexibility index (Phi) is 57.7. The number of hydrogen-bond acceptors (Lipinski definition) is 6. The van der Waals surface area contributed by atoms with Gasteiger partial charge in [-0.05, 0) is 77.0 Å². The van der Waals surface area contributed by atoms with Crippen LogP contribution >= 0.6 is 0 Å². The molecule has 0 aliphatic carbocycles. The van der Waals surface area contributed by atoms with Gasteiger partial charge >= 0.3 is 17.9 Å². The van der Waals surface area contributed by atoms with Crippen molar-refractivity contribution in [2.24, 2.45) is 0 Å². The minimum absolute atomic E-state index is 0.0863. The molecule has 0 heterocycles. The van der Waals surface area contributed by atoms with Gasteiger partial charge in [-0.1, -0.05) is 281 Å². The second kappa shape index (κ2) is 59.9. The van der Waals surface area contributed by atoms with Gasteiger partial charge in [0.1, 0.15) is 13.2 Å². The number of unbranched alkanes of at least 4 members (excludes halogenated alkanes) is 38. The SMILES string of the molecule is CCCCCCCC/C=C\C/C=C\C/C=C\CCCC(=O)OC[C@@H](COC(=O)CCCCCCCCCCC/C=C\CCCCCCCC)OC(=O)CCCCCCCCCCCCCCCCCCC. The highest BCUT2D eigenvalue weighted by molar-refractivity contribution is 5.71. The number of hydrogen-bond donors (Lipinski definition) is 0. The summed E-state index contributed by atoms with van der Waals surface area (Å²) in [5.74, 6) is -0.923. The number of carbonyl (C=O) groups excluding carboxylic acids is 3. The lowest BCUT2D eigenvalue weighted by Gasteiger charge is -2.18. The van der Waals surface area contributed by atoms with Gasteiger partial charge in [-0.3, -0.25) is 14.4 Å². The molecule has 0 saturated heterocycles. The molecule has 1 atom stereocenters. The summed E-state index contributed by atoms with van der Waals surface area (Å²) in [7, 11) is 0. The van der Waals surface area contributed by atoms with Gasteiger partial charge in [-0.2, -0.15) is 0 Å². The maximum Gasteiger partial charge on any atom is 0.306 e. The molecule has 0 unspecified atom stereocenters. The number of carbonyl (C=O) groups is 3. The smallest absolute Gasteiger partial charge is 0.306 e. The van der Waals surface area contributed by atoms with E-state index < -0.39 is 6.10 Å². The van der Waals surface area contributed by atoms with Crippen LogP contribution in [-0.2, 0) is 28.6 Å². The molecule has 0 N–H and O–H groups in total. The maximum absolute atomic E-state index is 12.9. The monoisotopic (exact) mass is 995 g/mol. The van der Waals surface area contributed by atoms with E-state index in [1.807, 2.05) is 0 Å². The van der Waals surface area contributed by atoms with Crippen LogP contribution < -0.4 is 0 Å². The first kappa shape index (κ1) is 68.4. The Balaban J connectivity index is 4.40. The fourth-order valence-electron chi connectivity index (χ4n) is 9.10. The Bertz CT molecular complexity index is 1230. The van der Waals surface area contributed by atoms with Crippen LogP contribution in [0.25, 0.3) is 0 Å². The van der Waals surface area contributed by atoms with Gasteiger partial charge in [0.2, 0.25) is 0 Å². The molecule has 0 bridgehead atoms. The van der Waals surface area contributed by atoms with Crippen LogP contribution in [0.3, 0.4) is 0 Å². The van der Waals surface area contributed by atoms with E-state index in [4.69, 9.17) is 14.2 Å². The third-order valence-electron chi connectivity index (χ3n) is 13.8. The van der Waals surface area contributed by atoms with Crippen molar-refractivity contribution >= 4 is 17.9 Å². The molecule has 0 radical (unpaired) electrons. The van der Waals surface area contributed by atoms with Crippen molar-refractivity contribution < 1.29 is 28.6 Å². The van der Waals surface area contributed by atoms with E-state index in [1.165, 1.54) is 225 Å². The van der Waals surface area contributed by atoms with Crippen LogP contribution in [-0.4, -0.2) is 37.2 Å². The summed E-state index contributed by atoms with van der Waals surface area (Å²) in [6.45, 7) is 6.63. The number of esters is 3. The lowest BCUT2D eigenvalue weighted by molar-refractivity contribution is -0.167. The fourth-order valence-corrected chi connectivity index (χ4v) is 9.10. The lowest BCUT2D eigenvalue weighted by Crippen LogP contribution is -2.30. The number of rotatable bonds is 57. The normalized spacial score (nSPS) is 12.3. The largest absolute Gasteiger partial charge is 0.462 e. The predicted octanol–water partition coefficient (Wildman–Crippen LogP) is 21.0. The summed E-state index contributed by atoms with van der Waals surface area (Å²) in [6.07, 6.45) is 74.0. The van der Waals surface area contributed by atoms with Gasteiger partial charge in [0, 0.05) is 19.3 Å². The van der Waals surface area contributed by atoms with Crippen LogP contribution in [0.4, 0.5) is 0 Å². The Morgan fingerprint density at radius 3 is 0.859 bits per heavy atom. The highest BCUT2D eigenvalue weighted by atomic mass is 16.6. The Hall–Kier alpha value is -2.63. The van der Waals surface area contributed by atoms with E-state index >= 15 is 0 Å². The standard InChI is InChI=1S/C65H118O6/c1-4-7-10-13-16-19-22-25-28-31-32-35-37-40-43-46-49-52-55-58-64(67)70-61-62(71-65(68)59-56-53-50-47-44-41-38-34-30-27-24-21-18-15-12-9-6-3)60-69-63(66)57-54-51-48-45-42-39-36-33-29-26-23-20-17-14-11-8-5-2/h25-26,28-29,36,39,45,48,62H,4-24,27,30-35,37-38,40-44,46-47,49-61H2,1-3H3/b28-25-,29-26-,39-36-,48-45-/t62-/m0/s1. The summed E-state index contributed by atoms with van der Waals surface area (Å²) < 4.78 is 16.9. The predicted molar refractivity (Wildman–Crippen MR) is 307 cm³/mol. The van der Waals surface area contributed by atoms with Gasteiger partial charge < -0.3 is 14.2 Å². The van der Waals surface area contributed by atoms with Crippen molar-refractivity contribution in [3.05, 3.63) is 48.6 Å². The van der Waals surface area contributed by atoms with E-state index in [9.17, 15) is 14.4 Å². The fraction of sp³-hybridized carbons (Fsp3) is 0.831. The molecule has 0 amide bonds. The van der Waals surface area contributed by atoms with E-state index in [1.54, 1.807) is 0 Å². The number of allylic oxidation sites excluding steroid dienone is 8. The van der Waals surface area contributed by atoms with Crippen LogP contribution in [0.1, 0.15) is 329 Å². The van der Waals surface area contributed by atoms with Crippen LogP contribution in [0.15, 0.2) is 48.6 Å². The summed E-state index contributed by atoms with van der Waals surface area (Å²) in [5, 5.41) is 0.